The number of nitrogens with zero attached hydrogens (tertiary/aromatic N) is 1. The highest BCUT2D eigenvalue weighted by molar-refractivity contribution is 7.12. The lowest BCUT2D eigenvalue weighted by atomic mass is 10.1. The molecular formula is C14H15NO2S. The van der Waals surface area contributed by atoms with E-state index in [2.05, 4.69) is 4.98 Å². The van der Waals surface area contributed by atoms with Gasteiger partial charge in [0.25, 0.3) is 0 Å². The summed E-state index contributed by atoms with van der Waals surface area (Å²) in [6.45, 7) is 2.38. The van der Waals surface area contributed by atoms with Crippen molar-refractivity contribution in [3.63, 3.8) is 0 Å². The molecule has 94 valence electrons. The molecule has 0 aliphatic heterocycles. The van der Waals surface area contributed by atoms with Gasteiger partial charge < -0.3 is 4.74 Å². The zero-order chi connectivity index (χ0) is 12.8. The molecule has 3 nitrogen and oxygen atoms in total. The van der Waals surface area contributed by atoms with E-state index in [1.54, 1.807) is 12.4 Å². The van der Waals surface area contributed by atoms with Crippen molar-refractivity contribution in [2.75, 3.05) is 6.61 Å². The van der Waals surface area contributed by atoms with E-state index in [1.165, 1.54) is 16.9 Å². The van der Waals surface area contributed by atoms with E-state index in [0.717, 1.165) is 18.4 Å². The van der Waals surface area contributed by atoms with E-state index in [9.17, 15) is 4.79 Å². The molecule has 2 rings (SSSR count). The SMILES string of the molecule is Cc1ccsc1C(=O)OCCCc1ccncc1. The van der Waals surface area contributed by atoms with E-state index < -0.39 is 0 Å². The Bertz CT molecular complexity index is 508. The molecule has 0 radical (unpaired) electrons. The first kappa shape index (κ1) is 12.8. The standard InChI is InChI=1S/C14H15NO2S/c1-11-6-10-18-13(11)14(16)17-9-2-3-12-4-7-15-8-5-12/h4-8,10H,2-3,9H2,1H3. The van der Waals surface area contributed by atoms with E-state index in [4.69, 9.17) is 4.74 Å². The number of pyridine rings is 1. The number of thiophene rings is 1. The molecule has 2 heterocycles. The summed E-state index contributed by atoms with van der Waals surface area (Å²) in [7, 11) is 0. The Balaban J connectivity index is 1.73. The molecule has 0 bridgehead atoms. The monoisotopic (exact) mass is 261 g/mol. The van der Waals surface area contributed by atoms with E-state index >= 15 is 0 Å². The van der Waals surface area contributed by atoms with Crippen LogP contribution in [0.1, 0.15) is 27.2 Å². The predicted octanol–water partition coefficient (Wildman–Crippen LogP) is 3.24. The minimum absolute atomic E-state index is 0.211. The quantitative estimate of drug-likeness (QED) is 0.612. The zero-order valence-electron chi connectivity index (χ0n) is 10.3. The van der Waals surface area contributed by atoms with Gasteiger partial charge in [-0.25, -0.2) is 4.79 Å². The molecule has 2 aromatic heterocycles. The van der Waals surface area contributed by atoms with Crippen LogP contribution in [-0.2, 0) is 11.2 Å². The minimum atomic E-state index is -0.211. The molecule has 0 amide bonds. The second kappa shape index (κ2) is 6.31. The van der Waals surface area contributed by atoms with Gasteiger partial charge in [0.15, 0.2) is 0 Å². The number of esters is 1. The molecular weight excluding hydrogens is 246 g/mol. The van der Waals surface area contributed by atoms with Crippen molar-refractivity contribution < 1.29 is 9.53 Å². The highest BCUT2D eigenvalue weighted by Gasteiger charge is 2.11. The molecule has 0 fully saturated rings. The molecule has 0 unspecified atom stereocenters. The van der Waals surface area contributed by atoms with Gasteiger partial charge in [-0.05, 0) is 54.5 Å². The number of carbonyl (C=O) groups excluding carboxylic acids is 1. The highest BCUT2D eigenvalue weighted by atomic mass is 32.1. The fraction of sp³-hybridized carbons (Fsp3) is 0.286. The normalized spacial score (nSPS) is 10.3. The molecule has 0 aromatic carbocycles. The third-order valence-electron chi connectivity index (χ3n) is 2.64. The van der Waals surface area contributed by atoms with Gasteiger partial charge in [0.2, 0.25) is 0 Å². The van der Waals surface area contributed by atoms with Crippen molar-refractivity contribution in [2.45, 2.75) is 19.8 Å². The first-order valence-electron chi connectivity index (χ1n) is 5.87. The van der Waals surface area contributed by atoms with Gasteiger partial charge in [-0.15, -0.1) is 11.3 Å². The first-order valence-corrected chi connectivity index (χ1v) is 6.75. The number of hydrogen-bond acceptors (Lipinski definition) is 4. The Morgan fingerprint density at radius 1 is 1.33 bits per heavy atom. The molecule has 2 aromatic rings. The number of aryl methyl sites for hydroxylation is 2. The summed E-state index contributed by atoms with van der Waals surface area (Å²) in [5, 5.41) is 1.91. The van der Waals surface area contributed by atoms with Crippen molar-refractivity contribution in [3.05, 3.63) is 52.0 Å². The Hall–Kier alpha value is -1.68. The molecule has 18 heavy (non-hydrogen) atoms. The number of hydrogen-bond donors (Lipinski definition) is 0. The Morgan fingerprint density at radius 3 is 2.78 bits per heavy atom. The van der Waals surface area contributed by atoms with Gasteiger partial charge in [0.1, 0.15) is 4.88 Å². The van der Waals surface area contributed by atoms with Gasteiger partial charge in [-0.2, -0.15) is 0 Å². The average Bonchev–Trinajstić information content (AvgIpc) is 2.82. The van der Waals surface area contributed by atoms with Crippen LogP contribution >= 0.6 is 11.3 Å². The topological polar surface area (TPSA) is 39.2 Å². The van der Waals surface area contributed by atoms with Gasteiger partial charge in [-0.1, -0.05) is 0 Å². The lowest BCUT2D eigenvalue weighted by Gasteiger charge is -2.04. The molecule has 0 saturated heterocycles. The minimum Gasteiger partial charge on any atom is -0.461 e. The second-order valence-electron chi connectivity index (χ2n) is 4.03. The Morgan fingerprint density at radius 2 is 2.11 bits per heavy atom. The molecule has 0 aliphatic carbocycles. The van der Waals surface area contributed by atoms with Crippen molar-refractivity contribution >= 4 is 17.3 Å². The van der Waals surface area contributed by atoms with E-state index in [1.807, 2.05) is 30.5 Å². The lowest BCUT2D eigenvalue weighted by Crippen LogP contribution is -2.06. The average molecular weight is 261 g/mol. The summed E-state index contributed by atoms with van der Waals surface area (Å²) in [5.74, 6) is -0.211. The summed E-state index contributed by atoms with van der Waals surface area (Å²) in [6, 6.07) is 5.88. The third kappa shape index (κ3) is 3.40. The lowest BCUT2D eigenvalue weighted by molar-refractivity contribution is 0.0505. The van der Waals surface area contributed by atoms with Crippen LogP contribution in [0.5, 0.6) is 0 Å². The highest BCUT2D eigenvalue weighted by Crippen LogP contribution is 2.16. The number of rotatable bonds is 5. The summed E-state index contributed by atoms with van der Waals surface area (Å²) in [4.78, 5) is 16.4. The largest absolute Gasteiger partial charge is 0.461 e. The molecule has 0 atom stereocenters. The second-order valence-corrected chi connectivity index (χ2v) is 4.94. The molecule has 0 spiro atoms. The van der Waals surface area contributed by atoms with Crippen LogP contribution in [-0.4, -0.2) is 17.6 Å². The van der Waals surface area contributed by atoms with Crippen LogP contribution in [0.25, 0.3) is 0 Å². The molecule has 0 saturated carbocycles. The number of carbonyl (C=O) groups is 1. The predicted molar refractivity (Wildman–Crippen MR) is 71.9 cm³/mol. The summed E-state index contributed by atoms with van der Waals surface area (Å²) < 4.78 is 5.24. The van der Waals surface area contributed by atoms with Crippen molar-refractivity contribution in [2.24, 2.45) is 0 Å². The Labute approximate surface area is 110 Å². The zero-order valence-corrected chi connectivity index (χ0v) is 11.1. The van der Waals surface area contributed by atoms with Crippen LogP contribution in [0, 0.1) is 6.92 Å². The van der Waals surface area contributed by atoms with Crippen molar-refractivity contribution in [3.8, 4) is 0 Å². The van der Waals surface area contributed by atoms with Crippen LogP contribution in [0.15, 0.2) is 36.0 Å². The van der Waals surface area contributed by atoms with Gasteiger partial charge in [-0.3, -0.25) is 4.98 Å². The van der Waals surface area contributed by atoms with Crippen LogP contribution < -0.4 is 0 Å². The fourth-order valence-corrected chi connectivity index (χ4v) is 2.46. The number of ether oxygens (including phenoxy) is 1. The van der Waals surface area contributed by atoms with Crippen LogP contribution in [0.2, 0.25) is 0 Å². The summed E-state index contributed by atoms with van der Waals surface area (Å²) in [6.07, 6.45) is 5.28. The molecule has 4 heteroatoms. The van der Waals surface area contributed by atoms with Crippen LogP contribution in [0.4, 0.5) is 0 Å². The third-order valence-corrected chi connectivity index (χ3v) is 3.64. The van der Waals surface area contributed by atoms with Crippen molar-refractivity contribution in [1.82, 2.24) is 4.98 Å². The summed E-state index contributed by atoms with van der Waals surface area (Å²) >= 11 is 1.43. The Kier molecular flexibility index (Phi) is 4.47. The number of aromatic nitrogens is 1. The maximum Gasteiger partial charge on any atom is 0.348 e. The molecule has 0 aliphatic rings. The summed E-state index contributed by atoms with van der Waals surface area (Å²) in [5.41, 5.74) is 2.20. The first-order chi connectivity index (χ1) is 8.77. The maximum absolute atomic E-state index is 11.7. The maximum atomic E-state index is 11.7. The fourth-order valence-electron chi connectivity index (χ4n) is 1.64. The van der Waals surface area contributed by atoms with Crippen LogP contribution in [0.3, 0.4) is 0 Å². The van der Waals surface area contributed by atoms with Gasteiger partial charge in [0, 0.05) is 12.4 Å². The van der Waals surface area contributed by atoms with Crippen molar-refractivity contribution in [1.29, 1.82) is 0 Å². The smallest absolute Gasteiger partial charge is 0.348 e. The van der Waals surface area contributed by atoms with E-state index in [-0.39, 0.29) is 5.97 Å². The van der Waals surface area contributed by atoms with E-state index in [0.29, 0.717) is 11.5 Å². The van der Waals surface area contributed by atoms with Gasteiger partial charge in [0.05, 0.1) is 6.61 Å². The molecule has 0 N–H and O–H groups in total. The van der Waals surface area contributed by atoms with Gasteiger partial charge >= 0.3 is 5.97 Å².